The standard InChI is InChI=1S/C18H35O2SSi2.Li/c1-17(2,3)22(7,8)19-13-15-11-12-21-16(15)14-20-23(9,10)18(4,5)6;/h11H,13-14H2,1-10H3;/q-1;+1. The van der Waals surface area contributed by atoms with Crippen molar-refractivity contribution in [2.45, 2.75) is 91.0 Å². The maximum Gasteiger partial charge on any atom is 1.00 e. The van der Waals surface area contributed by atoms with Crippen LogP contribution in [0.4, 0.5) is 0 Å². The molecule has 1 aromatic heterocycles. The van der Waals surface area contributed by atoms with E-state index in [1.807, 2.05) is 0 Å². The summed E-state index contributed by atoms with van der Waals surface area (Å²) >= 11 is 1.67. The molecular formula is C18H35LiO2SSi2. The number of thiophene rings is 1. The van der Waals surface area contributed by atoms with Crippen molar-refractivity contribution < 1.29 is 27.7 Å². The zero-order valence-corrected chi connectivity index (χ0v) is 20.5. The summed E-state index contributed by atoms with van der Waals surface area (Å²) in [5.74, 6) is 0. The predicted octanol–water partition coefficient (Wildman–Crippen LogP) is 3.60. The molecule has 0 atom stereocenters. The van der Waals surface area contributed by atoms with Crippen molar-refractivity contribution in [3.8, 4) is 0 Å². The summed E-state index contributed by atoms with van der Waals surface area (Å²) in [6, 6.07) is 2.07. The molecule has 0 N–H and O–H groups in total. The molecule has 6 heteroatoms. The maximum atomic E-state index is 6.36. The predicted molar refractivity (Wildman–Crippen MR) is 107 cm³/mol. The Kier molecular flexibility index (Phi) is 8.79. The van der Waals surface area contributed by atoms with Crippen molar-refractivity contribution in [1.29, 1.82) is 0 Å². The van der Waals surface area contributed by atoms with Gasteiger partial charge in [0.25, 0.3) is 0 Å². The summed E-state index contributed by atoms with van der Waals surface area (Å²) in [5.41, 5.74) is 1.25. The maximum absolute atomic E-state index is 6.36. The summed E-state index contributed by atoms with van der Waals surface area (Å²) in [4.78, 5) is 1.27. The second kappa shape index (κ2) is 8.56. The third-order valence-corrected chi connectivity index (χ3v) is 15.4. The molecule has 1 rings (SSSR count). The van der Waals surface area contributed by atoms with E-state index in [-0.39, 0.29) is 28.9 Å². The second-order valence-corrected chi connectivity index (χ2v) is 20.0. The molecule has 0 aliphatic rings. The normalized spacial score (nSPS) is 13.8. The molecule has 0 aliphatic heterocycles. The van der Waals surface area contributed by atoms with Gasteiger partial charge in [-0.15, -0.1) is 10.3 Å². The Morgan fingerprint density at radius 3 is 1.71 bits per heavy atom. The van der Waals surface area contributed by atoms with Crippen molar-refractivity contribution in [1.82, 2.24) is 0 Å². The smallest absolute Gasteiger partial charge is 0.425 e. The summed E-state index contributed by atoms with van der Waals surface area (Å²) in [6.07, 6.45) is 0. The van der Waals surface area contributed by atoms with Crippen molar-refractivity contribution in [3.05, 3.63) is 21.9 Å². The topological polar surface area (TPSA) is 18.5 Å². The van der Waals surface area contributed by atoms with Crippen LogP contribution in [0.5, 0.6) is 0 Å². The first-order chi connectivity index (χ1) is 10.2. The molecule has 0 unspecified atom stereocenters. The third kappa shape index (κ3) is 6.43. The van der Waals surface area contributed by atoms with Gasteiger partial charge in [0.05, 0.1) is 0 Å². The molecule has 0 amide bonds. The Morgan fingerprint density at radius 2 is 1.29 bits per heavy atom. The van der Waals surface area contributed by atoms with Crippen molar-refractivity contribution in [2.24, 2.45) is 0 Å². The molecule has 0 bridgehead atoms. The summed E-state index contributed by atoms with van der Waals surface area (Å²) in [5, 5.41) is 3.74. The molecule has 0 spiro atoms. The molecule has 1 heterocycles. The number of rotatable bonds is 6. The average Bonchev–Trinajstić information content (AvgIpc) is 2.78. The minimum atomic E-state index is -1.71. The Hall–Kier alpha value is 0.651. The fourth-order valence-corrected chi connectivity index (χ4v) is 4.20. The quantitative estimate of drug-likeness (QED) is 0.556. The zero-order valence-electron chi connectivity index (χ0n) is 17.7. The van der Waals surface area contributed by atoms with E-state index in [4.69, 9.17) is 8.85 Å². The Bertz CT molecular complexity index is 469. The fourth-order valence-electron chi connectivity index (χ4n) is 1.50. The van der Waals surface area contributed by atoms with Gasteiger partial charge in [0, 0.05) is 13.2 Å². The van der Waals surface area contributed by atoms with E-state index < -0.39 is 16.6 Å². The molecule has 24 heavy (non-hydrogen) atoms. The average molecular weight is 379 g/mol. The largest absolute Gasteiger partial charge is 1.00 e. The number of hydrogen-bond acceptors (Lipinski definition) is 3. The Labute approximate surface area is 168 Å². The summed E-state index contributed by atoms with van der Waals surface area (Å²) in [6.45, 7) is 24.3. The van der Waals surface area contributed by atoms with E-state index in [1.165, 1.54) is 10.4 Å². The van der Waals surface area contributed by atoms with Gasteiger partial charge in [0.1, 0.15) is 0 Å². The van der Waals surface area contributed by atoms with E-state index in [2.05, 4.69) is 79.2 Å². The SMILES string of the molecule is CC(C)(C)[Si](C)(C)OCc1c[c-]sc1CO[Si](C)(C)C(C)(C)C.[Li+]. The van der Waals surface area contributed by atoms with Crippen molar-refractivity contribution >= 4 is 28.0 Å². The van der Waals surface area contributed by atoms with E-state index in [0.29, 0.717) is 13.2 Å². The molecule has 0 saturated heterocycles. The van der Waals surface area contributed by atoms with Gasteiger partial charge in [-0.05, 0) is 36.3 Å². The van der Waals surface area contributed by atoms with Crippen LogP contribution in [0.15, 0.2) is 6.07 Å². The Morgan fingerprint density at radius 1 is 0.875 bits per heavy atom. The monoisotopic (exact) mass is 378 g/mol. The van der Waals surface area contributed by atoms with Gasteiger partial charge < -0.3 is 8.85 Å². The van der Waals surface area contributed by atoms with Gasteiger partial charge in [0.2, 0.25) is 0 Å². The first kappa shape index (κ1) is 24.7. The Balaban J connectivity index is 0.00000529. The minimum Gasteiger partial charge on any atom is -0.425 e. The molecule has 134 valence electrons. The van der Waals surface area contributed by atoms with E-state index in [1.54, 1.807) is 11.3 Å². The van der Waals surface area contributed by atoms with Gasteiger partial charge in [0.15, 0.2) is 16.6 Å². The molecule has 1 aromatic rings. The van der Waals surface area contributed by atoms with Gasteiger partial charge in [-0.2, -0.15) is 11.6 Å². The van der Waals surface area contributed by atoms with Crippen molar-refractivity contribution in [3.63, 3.8) is 0 Å². The van der Waals surface area contributed by atoms with Gasteiger partial charge >= 0.3 is 18.9 Å². The fraction of sp³-hybridized carbons (Fsp3) is 0.778. The molecule has 0 radical (unpaired) electrons. The van der Waals surface area contributed by atoms with Crippen LogP contribution in [-0.2, 0) is 22.1 Å². The van der Waals surface area contributed by atoms with E-state index >= 15 is 0 Å². The van der Waals surface area contributed by atoms with Crippen LogP contribution in [0.1, 0.15) is 52.0 Å². The van der Waals surface area contributed by atoms with Gasteiger partial charge in [-0.25, -0.2) is 0 Å². The first-order valence-corrected chi connectivity index (χ1v) is 15.1. The van der Waals surface area contributed by atoms with E-state index in [0.717, 1.165) is 0 Å². The molecule has 0 fully saturated rings. The van der Waals surface area contributed by atoms with Crippen LogP contribution < -0.4 is 18.9 Å². The molecule has 0 aliphatic carbocycles. The van der Waals surface area contributed by atoms with Crippen LogP contribution in [0, 0.1) is 5.38 Å². The number of hydrogen-bond donors (Lipinski definition) is 0. The molecule has 2 nitrogen and oxygen atoms in total. The first-order valence-electron chi connectivity index (χ1n) is 8.43. The van der Waals surface area contributed by atoms with Crippen LogP contribution in [0.25, 0.3) is 0 Å². The third-order valence-electron chi connectivity index (χ3n) is 5.54. The second-order valence-electron chi connectivity index (χ2n) is 9.41. The molecular weight excluding hydrogens is 343 g/mol. The summed E-state index contributed by atoms with van der Waals surface area (Å²) < 4.78 is 12.7. The molecule has 0 saturated carbocycles. The molecule has 0 aromatic carbocycles. The minimum absolute atomic E-state index is 0. The van der Waals surface area contributed by atoms with Gasteiger partial charge in [-0.1, -0.05) is 41.5 Å². The van der Waals surface area contributed by atoms with Crippen LogP contribution in [-0.4, -0.2) is 16.6 Å². The van der Waals surface area contributed by atoms with Crippen LogP contribution >= 0.6 is 11.3 Å². The van der Waals surface area contributed by atoms with Crippen molar-refractivity contribution in [2.75, 3.05) is 0 Å². The van der Waals surface area contributed by atoms with Crippen LogP contribution in [0.2, 0.25) is 36.3 Å². The van der Waals surface area contributed by atoms with Gasteiger partial charge in [-0.3, -0.25) is 11.3 Å². The van der Waals surface area contributed by atoms with Crippen LogP contribution in [0.3, 0.4) is 0 Å². The summed E-state index contributed by atoms with van der Waals surface area (Å²) in [7, 11) is -3.43. The zero-order chi connectivity index (χ0) is 18.1. The van der Waals surface area contributed by atoms with E-state index in [9.17, 15) is 0 Å².